The Morgan fingerprint density at radius 3 is 1.03 bits per heavy atom. The number of nitrogens with two attached hydrogens (primary N) is 1. The minimum Gasteiger partial charge on any atom is -0.489 e. The largest absolute Gasteiger partial charge is 0.489 e. The van der Waals surface area contributed by atoms with Crippen molar-refractivity contribution in [1.29, 1.82) is 0 Å². The molecular weight excluding hydrogens is 974 g/mol. The van der Waals surface area contributed by atoms with Gasteiger partial charge in [0.25, 0.3) is 0 Å². The highest BCUT2D eigenvalue weighted by atomic mass is 31.2. The number of ether oxygens (including phenoxy) is 2. The van der Waals surface area contributed by atoms with Gasteiger partial charge in [-0.1, -0.05) is 116 Å². The Bertz CT molecular complexity index is 2350. The summed E-state index contributed by atoms with van der Waals surface area (Å²) in [5.74, 6) is -2.26. The van der Waals surface area contributed by atoms with Gasteiger partial charge in [0, 0.05) is 18.2 Å². The second kappa shape index (κ2) is 40.0. The van der Waals surface area contributed by atoms with Crippen molar-refractivity contribution in [3.8, 4) is 0 Å². The summed E-state index contributed by atoms with van der Waals surface area (Å²) in [7, 11) is -0.561. The molecule has 0 aromatic carbocycles. The number of likely N-dealkylation sites (N-methyl/N-ethyl adjacent to an activating group) is 1. The zero-order valence-corrected chi connectivity index (χ0v) is 50.5. The molecule has 12 nitrogen and oxygen atoms in total. The van der Waals surface area contributed by atoms with E-state index in [4.69, 9.17) is 30.1 Å². The van der Waals surface area contributed by atoms with Crippen molar-refractivity contribution < 1.29 is 43.3 Å². The van der Waals surface area contributed by atoms with Crippen LogP contribution in [0, 0.1) is 0 Å². The number of ketones is 2. The van der Waals surface area contributed by atoms with Gasteiger partial charge in [-0.3, -0.25) is 14.4 Å². The van der Waals surface area contributed by atoms with Crippen molar-refractivity contribution >= 4 is 31.2 Å². The molecule has 76 heavy (non-hydrogen) atoms. The van der Waals surface area contributed by atoms with Gasteiger partial charge in [0.1, 0.15) is 6.54 Å². The highest BCUT2D eigenvalue weighted by molar-refractivity contribution is 7.50. The number of rotatable bonds is 34. The Balaban J connectivity index is 0.00000378. The zero-order chi connectivity index (χ0) is 57.8. The number of guanidine groups is 1. The fraction of sp³-hybridized carbons (Fsp3) is 0.556. The van der Waals surface area contributed by atoms with Gasteiger partial charge in [-0.15, -0.1) is 4.76 Å². The third-order valence-corrected chi connectivity index (χ3v) is 13.6. The molecule has 0 aromatic heterocycles. The SMILES string of the molecule is CN(CC(=O)O)/C(N)=N/P(=O)(O)O.COC1=C(OC)C(=O)C(C/C=C(\C)CC/C=C(\C)CC/C=C(\C)CC/C=C(\C)CC/C=C(\C)CC/C=C(\C)CC/C=C(\C)CC/C=C(\C)CC/C=C(\C)CCC=C(C)C)=C(C)C1=O. The number of carbonyl (C=O) groups is 3. The molecule has 13 heteroatoms. The summed E-state index contributed by atoms with van der Waals surface area (Å²) in [6.45, 7) is 25.9. The average molecular weight is 1070 g/mol. The second-order valence-electron chi connectivity index (χ2n) is 20.8. The average Bonchev–Trinajstić information content (AvgIpc) is 3.31. The number of carboxylic acid groups (broad SMARTS) is 1. The quantitative estimate of drug-likeness (QED) is 0.0158. The van der Waals surface area contributed by atoms with Crippen LogP contribution in [-0.2, 0) is 28.4 Å². The molecule has 0 atom stereocenters. The monoisotopic (exact) mass is 1070 g/mol. The van der Waals surface area contributed by atoms with E-state index < -0.39 is 26.2 Å². The number of hydrogen-bond donors (Lipinski definition) is 4. The number of carbonyl (C=O) groups excluding carboxylic acids is 2. The molecular formula is C63H100N3O9P. The number of aliphatic carboxylic acids is 1. The Kier molecular flexibility index (Phi) is 37.2. The third-order valence-electron chi connectivity index (χ3n) is 13.1. The minimum atomic E-state index is -4.59. The Labute approximate surface area is 460 Å². The predicted octanol–water partition coefficient (Wildman–Crippen LogP) is 16.3. The smallest absolute Gasteiger partial charge is 0.451 e. The molecule has 1 aliphatic carbocycles. The number of allylic oxidation sites excluding steroid dienone is 22. The lowest BCUT2D eigenvalue weighted by molar-refractivity contribution is -0.137. The fourth-order valence-electron chi connectivity index (χ4n) is 8.08. The number of nitrogens with zero attached hydrogens (tertiary/aromatic N) is 2. The van der Waals surface area contributed by atoms with Crippen molar-refractivity contribution in [3.05, 3.63) is 139 Å². The standard InChI is InChI=1S/C59H90O4.C4H10N3O5P/c1-44(2)24-15-25-45(3)26-16-27-46(4)28-17-29-47(5)30-18-31-48(6)32-19-33-49(7)34-20-35-50(8)36-21-37-51(9)38-22-39-52(10)40-23-41-53(11)42-43-55-54(12)56(60)58(62-13)59(63-14)57(55)61;1-7(2-3(8)9)4(5)6-13(10,11)12/h24,26,28,30,32,34,36,38,40,42H,15-23,25,27,29,31,33,35,37,39,41,43H2,1-14H3;2H2,1H3,(H,8,9)(H4,5,6,10,11,12)/b45-26+,46-28+,47-30+,48-32+,49-34+,50-36+,51-38+,52-40+,53-42+;. The van der Waals surface area contributed by atoms with E-state index in [0.29, 0.717) is 17.6 Å². The van der Waals surface area contributed by atoms with Crippen LogP contribution >= 0.6 is 7.75 Å². The van der Waals surface area contributed by atoms with E-state index in [0.717, 1.165) is 101 Å². The Morgan fingerprint density at radius 2 is 0.776 bits per heavy atom. The van der Waals surface area contributed by atoms with Gasteiger partial charge in [0.2, 0.25) is 29.0 Å². The summed E-state index contributed by atoms with van der Waals surface area (Å²) < 4.78 is 23.4. The van der Waals surface area contributed by atoms with Crippen LogP contribution in [0.2, 0.25) is 0 Å². The molecule has 426 valence electrons. The zero-order valence-electron chi connectivity index (χ0n) is 49.6. The Morgan fingerprint density at radius 1 is 0.513 bits per heavy atom. The summed E-state index contributed by atoms with van der Waals surface area (Å²) in [6, 6.07) is 0. The van der Waals surface area contributed by atoms with Crippen LogP contribution in [0.4, 0.5) is 0 Å². The molecule has 0 aliphatic heterocycles. The van der Waals surface area contributed by atoms with Gasteiger partial charge >= 0.3 is 13.7 Å². The first kappa shape index (κ1) is 70.7. The van der Waals surface area contributed by atoms with Gasteiger partial charge in [0.05, 0.1) is 14.2 Å². The van der Waals surface area contributed by atoms with Gasteiger partial charge in [-0.25, -0.2) is 4.57 Å². The highest BCUT2D eigenvalue weighted by Crippen LogP contribution is 2.36. The Hall–Kier alpha value is -5.29. The van der Waals surface area contributed by atoms with E-state index in [9.17, 15) is 18.9 Å². The highest BCUT2D eigenvalue weighted by Gasteiger charge is 2.34. The van der Waals surface area contributed by atoms with E-state index in [1.54, 1.807) is 6.92 Å². The number of Topliss-reactive ketones (excluding diaryl/α,β-unsaturated/α-hetero) is 2. The van der Waals surface area contributed by atoms with E-state index in [2.05, 4.69) is 142 Å². The molecule has 5 N–H and O–H groups in total. The maximum atomic E-state index is 12.9. The van der Waals surface area contributed by atoms with E-state index >= 15 is 0 Å². The first-order valence-corrected chi connectivity index (χ1v) is 28.8. The summed E-state index contributed by atoms with van der Waals surface area (Å²) >= 11 is 0. The summed E-state index contributed by atoms with van der Waals surface area (Å²) in [5.41, 5.74) is 20.5. The molecule has 0 amide bonds. The second-order valence-corrected chi connectivity index (χ2v) is 22.1. The first-order chi connectivity index (χ1) is 35.7. The van der Waals surface area contributed by atoms with Crippen molar-refractivity contribution in [2.75, 3.05) is 27.8 Å². The summed E-state index contributed by atoms with van der Waals surface area (Å²) in [6.07, 6.45) is 44.3. The van der Waals surface area contributed by atoms with Crippen LogP contribution in [0.25, 0.3) is 0 Å². The van der Waals surface area contributed by atoms with Crippen LogP contribution in [0.15, 0.2) is 144 Å². The molecule has 1 rings (SSSR count). The molecule has 0 heterocycles. The van der Waals surface area contributed by atoms with Crippen LogP contribution in [0.5, 0.6) is 0 Å². The molecule has 0 saturated heterocycles. The molecule has 0 saturated carbocycles. The van der Waals surface area contributed by atoms with Gasteiger partial charge in [-0.05, 0) is 205 Å². The van der Waals surface area contributed by atoms with Crippen LogP contribution < -0.4 is 5.73 Å². The molecule has 0 radical (unpaired) electrons. The maximum Gasteiger partial charge on any atom is 0.451 e. The van der Waals surface area contributed by atoms with Crippen molar-refractivity contribution in [2.45, 2.75) is 205 Å². The lowest BCUT2D eigenvalue weighted by Crippen LogP contribution is -2.37. The van der Waals surface area contributed by atoms with Gasteiger partial charge < -0.3 is 35.0 Å². The van der Waals surface area contributed by atoms with Crippen LogP contribution in [0.3, 0.4) is 0 Å². The summed E-state index contributed by atoms with van der Waals surface area (Å²) in [5, 5.41) is 8.28. The number of carboxylic acids is 1. The van der Waals surface area contributed by atoms with E-state index in [-0.39, 0.29) is 23.1 Å². The fourth-order valence-corrected chi connectivity index (χ4v) is 8.50. The molecule has 0 spiro atoms. The number of hydrogen-bond acceptors (Lipinski definition) is 6. The van der Waals surface area contributed by atoms with Crippen molar-refractivity contribution in [3.63, 3.8) is 0 Å². The molecule has 0 unspecified atom stereocenters. The topological polar surface area (TPSA) is 189 Å². The molecule has 1 aliphatic rings. The van der Waals surface area contributed by atoms with Crippen molar-refractivity contribution in [2.24, 2.45) is 10.5 Å². The van der Waals surface area contributed by atoms with Gasteiger partial charge in [0.15, 0.2) is 0 Å². The number of methoxy groups -OCH3 is 2. The molecule has 0 bridgehead atoms. The van der Waals surface area contributed by atoms with Crippen LogP contribution in [0.1, 0.15) is 205 Å². The lowest BCUT2D eigenvalue weighted by atomic mass is 9.90. The molecule has 0 aromatic rings. The maximum absolute atomic E-state index is 12.9. The predicted molar refractivity (Wildman–Crippen MR) is 319 cm³/mol. The van der Waals surface area contributed by atoms with Crippen molar-refractivity contribution in [1.82, 2.24) is 4.90 Å². The minimum absolute atomic E-state index is 0.00667. The van der Waals surface area contributed by atoms with Gasteiger partial charge in [-0.2, -0.15) is 0 Å². The van der Waals surface area contributed by atoms with E-state index in [1.165, 1.54) is 96.3 Å². The summed E-state index contributed by atoms with van der Waals surface area (Å²) in [4.78, 5) is 53.3. The van der Waals surface area contributed by atoms with E-state index in [1.807, 2.05) is 0 Å². The third kappa shape index (κ3) is 35.1. The van der Waals surface area contributed by atoms with Crippen LogP contribution in [-0.4, -0.2) is 71.1 Å². The lowest BCUT2D eigenvalue weighted by Gasteiger charge is -2.19. The molecule has 0 fully saturated rings. The normalized spacial score (nSPS) is 15.3. The first-order valence-electron chi connectivity index (χ1n) is 27.2.